The molecule has 0 spiro atoms. The largest absolute Gasteiger partial charge is 0.389 e. The molecule has 0 amide bonds. The maximum Gasteiger partial charge on any atom is 0.0704 e. The molecule has 51 valence electrons. The van der Waals surface area contributed by atoms with Crippen LogP contribution in [-0.4, -0.2) is 10.7 Å². The summed E-state index contributed by atoms with van der Waals surface area (Å²) >= 11 is 0. The van der Waals surface area contributed by atoms with Crippen molar-refractivity contribution in [1.82, 2.24) is 0 Å². The topological polar surface area (TPSA) is 20.2 Å². The zero-order chi connectivity index (χ0) is 6.48. The van der Waals surface area contributed by atoms with Crippen molar-refractivity contribution < 1.29 is 5.11 Å². The van der Waals surface area contributed by atoms with E-state index in [-0.39, 0.29) is 0 Å². The van der Waals surface area contributed by atoms with Gasteiger partial charge in [0, 0.05) is 0 Å². The molecule has 0 aromatic heterocycles. The number of hydrogen-bond donors (Lipinski definition) is 1. The highest BCUT2D eigenvalue weighted by Crippen LogP contribution is 2.51. The lowest BCUT2D eigenvalue weighted by atomic mass is 9.95. The highest BCUT2D eigenvalue weighted by atomic mass is 16.3. The van der Waals surface area contributed by atoms with Crippen LogP contribution < -0.4 is 0 Å². The summed E-state index contributed by atoms with van der Waals surface area (Å²) in [5, 5.41) is 9.68. The van der Waals surface area contributed by atoms with Crippen molar-refractivity contribution in [2.45, 2.75) is 31.3 Å². The van der Waals surface area contributed by atoms with E-state index in [1.807, 2.05) is 0 Å². The minimum Gasteiger partial charge on any atom is -0.389 e. The minimum atomic E-state index is -0.528. The van der Waals surface area contributed by atoms with Crippen LogP contribution >= 0.6 is 0 Å². The van der Waals surface area contributed by atoms with Crippen LogP contribution in [0.25, 0.3) is 0 Å². The van der Waals surface area contributed by atoms with E-state index in [0.717, 1.165) is 0 Å². The van der Waals surface area contributed by atoms with E-state index < -0.39 is 5.60 Å². The van der Waals surface area contributed by atoms with Gasteiger partial charge in [0.05, 0.1) is 5.60 Å². The summed E-state index contributed by atoms with van der Waals surface area (Å²) < 4.78 is 0. The van der Waals surface area contributed by atoms with Crippen molar-refractivity contribution in [3.05, 3.63) is 6.92 Å². The normalized spacial score (nSPS) is 28.7. The summed E-state index contributed by atoms with van der Waals surface area (Å²) in [6, 6.07) is 0. The summed E-state index contributed by atoms with van der Waals surface area (Å²) in [4.78, 5) is 0. The minimum absolute atomic E-state index is 0.528. The summed E-state index contributed by atoms with van der Waals surface area (Å²) in [5.41, 5.74) is -0.528. The second kappa shape index (κ2) is 1.51. The average Bonchev–Trinajstić information content (AvgIpc) is 2.62. The summed E-state index contributed by atoms with van der Waals surface area (Å²) in [7, 11) is 0. The van der Waals surface area contributed by atoms with E-state index in [1.54, 1.807) is 0 Å². The summed E-state index contributed by atoms with van der Waals surface area (Å²) in [6.45, 7) is 3.85. The standard InChI is InChI=1S/C8H13O/c1-8(9,6-2-3-6)7-4-5-7/h6-7,9H,1-5H2. The van der Waals surface area contributed by atoms with Crippen molar-refractivity contribution in [2.75, 3.05) is 0 Å². The highest BCUT2D eigenvalue weighted by molar-refractivity contribution is 5.05. The zero-order valence-electron chi connectivity index (χ0n) is 5.64. The molecule has 1 nitrogen and oxygen atoms in total. The van der Waals surface area contributed by atoms with Gasteiger partial charge in [-0.3, -0.25) is 0 Å². The third kappa shape index (κ3) is 0.877. The van der Waals surface area contributed by atoms with Crippen LogP contribution in [0, 0.1) is 18.8 Å². The van der Waals surface area contributed by atoms with Gasteiger partial charge in [-0.1, -0.05) is 0 Å². The molecule has 0 saturated heterocycles. The molecular weight excluding hydrogens is 112 g/mol. The van der Waals surface area contributed by atoms with Gasteiger partial charge in [0.2, 0.25) is 0 Å². The molecule has 0 unspecified atom stereocenters. The maximum absolute atomic E-state index is 9.68. The SMILES string of the molecule is [CH2]C(O)(C1CC1)C1CC1. The predicted molar refractivity (Wildman–Crippen MR) is 35.8 cm³/mol. The Labute approximate surface area is 56.1 Å². The van der Waals surface area contributed by atoms with Crippen LogP contribution in [0.5, 0.6) is 0 Å². The first-order valence-corrected chi connectivity index (χ1v) is 3.79. The van der Waals surface area contributed by atoms with Gasteiger partial charge < -0.3 is 5.11 Å². The van der Waals surface area contributed by atoms with Gasteiger partial charge in [-0.2, -0.15) is 0 Å². The first-order valence-electron chi connectivity index (χ1n) is 3.79. The van der Waals surface area contributed by atoms with Gasteiger partial charge in [-0.05, 0) is 44.4 Å². The molecule has 2 aliphatic rings. The van der Waals surface area contributed by atoms with Crippen LogP contribution in [0.15, 0.2) is 0 Å². The van der Waals surface area contributed by atoms with Crippen molar-refractivity contribution in [2.24, 2.45) is 11.8 Å². The van der Waals surface area contributed by atoms with Crippen molar-refractivity contribution in [1.29, 1.82) is 0 Å². The molecule has 9 heavy (non-hydrogen) atoms. The van der Waals surface area contributed by atoms with E-state index in [9.17, 15) is 5.11 Å². The average molecular weight is 125 g/mol. The number of hydrogen-bond acceptors (Lipinski definition) is 1. The second-order valence-electron chi connectivity index (χ2n) is 3.54. The van der Waals surface area contributed by atoms with Gasteiger partial charge in [-0.25, -0.2) is 0 Å². The van der Waals surface area contributed by atoms with E-state index in [1.165, 1.54) is 25.7 Å². The van der Waals surface area contributed by atoms with Crippen molar-refractivity contribution in [3.8, 4) is 0 Å². The lowest BCUT2D eigenvalue weighted by Crippen LogP contribution is -2.29. The second-order valence-corrected chi connectivity index (χ2v) is 3.54. The van der Waals surface area contributed by atoms with Crippen LogP contribution in [0.2, 0.25) is 0 Å². The van der Waals surface area contributed by atoms with Crippen molar-refractivity contribution in [3.63, 3.8) is 0 Å². The Morgan fingerprint density at radius 3 is 1.67 bits per heavy atom. The zero-order valence-corrected chi connectivity index (χ0v) is 5.64. The fourth-order valence-corrected chi connectivity index (χ4v) is 1.50. The summed E-state index contributed by atoms with van der Waals surface area (Å²) in [5.74, 6) is 1.09. The van der Waals surface area contributed by atoms with E-state index in [2.05, 4.69) is 6.92 Å². The van der Waals surface area contributed by atoms with Crippen LogP contribution in [-0.2, 0) is 0 Å². The van der Waals surface area contributed by atoms with Crippen LogP contribution in [0.4, 0.5) is 0 Å². The van der Waals surface area contributed by atoms with Crippen LogP contribution in [0.1, 0.15) is 25.7 Å². The molecule has 0 heterocycles. The first-order chi connectivity index (χ1) is 4.21. The van der Waals surface area contributed by atoms with Gasteiger partial charge in [0.25, 0.3) is 0 Å². The Bertz CT molecular complexity index is 107. The van der Waals surface area contributed by atoms with E-state index in [4.69, 9.17) is 0 Å². The van der Waals surface area contributed by atoms with E-state index >= 15 is 0 Å². The lowest BCUT2D eigenvalue weighted by molar-refractivity contribution is 0.0414. The van der Waals surface area contributed by atoms with Crippen LogP contribution in [0.3, 0.4) is 0 Å². The summed E-state index contributed by atoms with van der Waals surface area (Å²) in [6.07, 6.45) is 4.82. The fourth-order valence-electron chi connectivity index (χ4n) is 1.50. The Hall–Kier alpha value is -0.0400. The molecule has 0 aliphatic heterocycles. The molecular formula is C8H13O. The van der Waals surface area contributed by atoms with Crippen molar-refractivity contribution >= 4 is 0 Å². The predicted octanol–water partition coefficient (Wildman–Crippen LogP) is 1.37. The van der Waals surface area contributed by atoms with Gasteiger partial charge >= 0.3 is 0 Å². The fraction of sp³-hybridized carbons (Fsp3) is 0.875. The Kier molecular flexibility index (Phi) is 0.963. The first kappa shape index (κ1) is 5.72. The molecule has 2 aliphatic carbocycles. The Balaban J connectivity index is 2.01. The van der Waals surface area contributed by atoms with Gasteiger partial charge in [0.1, 0.15) is 0 Å². The Morgan fingerprint density at radius 2 is 1.44 bits per heavy atom. The third-order valence-electron chi connectivity index (χ3n) is 2.57. The molecule has 1 radical (unpaired) electrons. The van der Waals surface area contributed by atoms with Gasteiger partial charge in [-0.15, -0.1) is 0 Å². The number of rotatable bonds is 2. The molecule has 0 bridgehead atoms. The molecule has 1 N–H and O–H groups in total. The molecule has 1 heteroatoms. The molecule has 2 saturated carbocycles. The maximum atomic E-state index is 9.68. The molecule has 0 aromatic carbocycles. The third-order valence-corrected chi connectivity index (χ3v) is 2.57. The lowest BCUT2D eigenvalue weighted by Gasteiger charge is -2.21. The van der Waals surface area contributed by atoms with Gasteiger partial charge in [0.15, 0.2) is 0 Å². The molecule has 2 fully saturated rings. The quantitative estimate of drug-likeness (QED) is 0.591. The number of aliphatic hydroxyl groups is 1. The monoisotopic (exact) mass is 125 g/mol. The molecule has 0 aromatic rings. The molecule has 2 rings (SSSR count). The smallest absolute Gasteiger partial charge is 0.0704 e. The Morgan fingerprint density at radius 1 is 1.11 bits per heavy atom. The highest BCUT2D eigenvalue weighted by Gasteiger charge is 2.49. The molecule has 0 atom stereocenters. The van der Waals surface area contributed by atoms with E-state index in [0.29, 0.717) is 11.8 Å².